The van der Waals surface area contributed by atoms with Crippen LogP contribution in [-0.2, 0) is 4.79 Å². The van der Waals surface area contributed by atoms with Crippen LogP contribution in [0, 0.1) is 5.92 Å². The maximum absolute atomic E-state index is 12.2. The van der Waals surface area contributed by atoms with E-state index in [9.17, 15) is 9.59 Å². The van der Waals surface area contributed by atoms with E-state index in [1.54, 1.807) is 24.3 Å². The van der Waals surface area contributed by atoms with Crippen LogP contribution in [0.4, 0.5) is 11.4 Å². The quantitative estimate of drug-likeness (QED) is 0.581. The molecule has 6 heteroatoms. The highest BCUT2D eigenvalue weighted by molar-refractivity contribution is 5.98. The van der Waals surface area contributed by atoms with Crippen molar-refractivity contribution in [2.45, 2.75) is 27.2 Å². The van der Waals surface area contributed by atoms with E-state index in [-0.39, 0.29) is 18.4 Å². The fourth-order valence-electron chi connectivity index (χ4n) is 2.43. The van der Waals surface area contributed by atoms with Gasteiger partial charge in [-0.1, -0.05) is 32.9 Å². The van der Waals surface area contributed by atoms with E-state index in [0.717, 1.165) is 17.9 Å². The van der Waals surface area contributed by atoms with Gasteiger partial charge in [0.15, 0.2) is 0 Å². The second-order valence-electron chi connectivity index (χ2n) is 6.97. The summed E-state index contributed by atoms with van der Waals surface area (Å²) in [6.45, 7) is 7.56. The second kappa shape index (κ2) is 11.0. The molecule has 0 aromatic heterocycles. The van der Waals surface area contributed by atoms with Crippen molar-refractivity contribution in [2.24, 2.45) is 5.92 Å². The lowest BCUT2D eigenvalue weighted by Gasteiger charge is -2.12. The Labute approximate surface area is 166 Å². The highest BCUT2D eigenvalue weighted by atomic mass is 16.5. The zero-order valence-corrected chi connectivity index (χ0v) is 16.7. The summed E-state index contributed by atoms with van der Waals surface area (Å²) < 4.78 is 5.70. The van der Waals surface area contributed by atoms with Gasteiger partial charge >= 0.3 is 0 Å². The molecule has 0 aliphatic rings. The van der Waals surface area contributed by atoms with Crippen molar-refractivity contribution in [1.82, 2.24) is 5.32 Å². The molecule has 0 fully saturated rings. The molecule has 0 bridgehead atoms. The summed E-state index contributed by atoms with van der Waals surface area (Å²) in [6, 6.07) is 14.4. The second-order valence-corrected chi connectivity index (χ2v) is 6.97. The maximum atomic E-state index is 12.2. The maximum Gasteiger partial charge on any atom is 0.251 e. The molecule has 0 radical (unpaired) electrons. The van der Waals surface area contributed by atoms with Gasteiger partial charge in [-0.3, -0.25) is 9.59 Å². The van der Waals surface area contributed by atoms with E-state index < -0.39 is 0 Å². The Bertz CT molecular complexity index is 790. The van der Waals surface area contributed by atoms with E-state index in [4.69, 9.17) is 4.74 Å². The van der Waals surface area contributed by atoms with Crippen molar-refractivity contribution in [3.8, 4) is 5.75 Å². The lowest BCUT2D eigenvalue weighted by atomic mass is 10.2. The molecule has 0 spiro atoms. The van der Waals surface area contributed by atoms with Gasteiger partial charge in [0, 0.05) is 29.5 Å². The van der Waals surface area contributed by atoms with Gasteiger partial charge in [0.25, 0.3) is 5.91 Å². The van der Waals surface area contributed by atoms with Crippen molar-refractivity contribution in [1.29, 1.82) is 0 Å². The van der Waals surface area contributed by atoms with E-state index in [1.165, 1.54) is 0 Å². The molecule has 0 heterocycles. The van der Waals surface area contributed by atoms with Gasteiger partial charge in [-0.15, -0.1) is 0 Å². The summed E-state index contributed by atoms with van der Waals surface area (Å²) in [5.41, 5.74) is 1.92. The molecule has 2 rings (SSSR count). The molecule has 3 N–H and O–H groups in total. The van der Waals surface area contributed by atoms with Crippen LogP contribution in [0.2, 0.25) is 0 Å². The number of benzene rings is 2. The van der Waals surface area contributed by atoms with Crippen LogP contribution in [0.25, 0.3) is 0 Å². The molecule has 0 saturated heterocycles. The molecule has 0 aliphatic heterocycles. The lowest BCUT2D eigenvalue weighted by Crippen LogP contribution is -2.24. The molecule has 6 nitrogen and oxygen atoms in total. The number of hydrogen-bond donors (Lipinski definition) is 3. The van der Waals surface area contributed by atoms with Crippen molar-refractivity contribution < 1.29 is 14.3 Å². The van der Waals surface area contributed by atoms with Gasteiger partial charge in [0.05, 0.1) is 13.2 Å². The summed E-state index contributed by atoms with van der Waals surface area (Å²) in [4.78, 5) is 24.3. The van der Waals surface area contributed by atoms with Crippen LogP contribution < -0.4 is 20.7 Å². The molecule has 0 atom stereocenters. The number of nitrogens with one attached hydrogen (secondary N) is 3. The summed E-state index contributed by atoms with van der Waals surface area (Å²) in [5.74, 6) is 0.876. The first kappa shape index (κ1) is 21.3. The Hall–Kier alpha value is -3.02. The summed E-state index contributed by atoms with van der Waals surface area (Å²) in [7, 11) is 0. The highest BCUT2D eigenvalue weighted by Crippen LogP contribution is 2.18. The summed E-state index contributed by atoms with van der Waals surface area (Å²) in [5, 5.41) is 8.71. The summed E-state index contributed by atoms with van der Waals surface area (Å²) >= 11 is 0. The third-order valence-corrected chi connectivity index (χ3v) is 3.81. The molecule has 150 valence electrons. The zero-order valence-electron chi connectivity index (χ0n) is 16.7. The molecule has 0 unspecified atom stereocenters. The minimum Gasteiger partial charge on any atom is -0.493 e. The standard InChI is InChI=1S/C22H29N3O3/c1-4-11-23-22(27)17-7-5-9-19(12-17)25-21(26)14-24-18-8-6-10-20(13-18)28-15-16(2)3/h5-10,12-13,16,24H,4,11,14-15H2,1-3H3,(H,23,27)(H,25,26). The number of anilines is 2. The normalized spacial score (nSPS) is 10.4. The van der Waals surface area contributed by atoms with Gasteiger partial charge in [0.2, 0.25) is 5.91 Å². The fourth-order valence-corrected chi connectivity index (χ4v) is 2.43. The third-order valence-electron chi connectivity index (χ3n) is 3.81. The average Bonchev–Trinajstić information content (AvgIpc) is 2.69. The van der Waals surface area contributed by atoms with Gasteiger partial charge in [-0.05, 0) is 42.7 Å². The van der Waals surface area contributed by atoms with E-state index >= 15 is 0 Å². The Morgan fingerprint density at radius 1 is 1.04 bits per heavy atom. The van der Waals surface area contributed by atoms with Crippen LogP contribution >= 0.6 is 0 Å². The minimum atomic E-state index is -0.195. The largest absolute Gasteiger partial charge is 0.493 e. The number of hydrogen-bond acceptors (Lipinski definition) is 4. The van der Waals surface area contributed by atoms with Gasteiger partial charge in [0.1, 0.15) is 5.75 Å². The predicted molar refractivity (Wildman–Crippen MR) is 113 cm³/mol. The molecular weight excluding hydrogens is 354 g/mol. The van der Waals surface area contributed by atoms with Crippen molar-refractivity contribution >= 4 is 23.2 Å². The lowest BCUT2D eigenvalue weighted by molar-refractivity contribution is -0.114. The van der Waals surface area contributed by atoms with E-state index in [0.29, 0.717) is 30.3 Å². The SMILES string of the molecule is CCCNC(=O)c1cccc(NC(=O)CNc2cccc(OCC(C)C)c2)c1. The van der Waals surface area contributed by atoms with Crippen LogP contribution in [0.15, 0.2) is 48.5 Å². The van der Waals surface area contributed by atoms with Crippen LogP contribution in [0.5, 0.6) is 5.75 Å². The van der Waals surface area contributed by atoms with Gasteiger partial charge < -0.3 is 20.7 Å². The molecule has 2 aromatic rings. The molecule has 2 aromatic carbocycles. The van der Waals surface area contributed by atoms with E-state index in [2.05, 4.69) is 29.8 Å². The van der Waals surface area contributed by atoms with Crippen LogP contribution in [0.1, 0.15) is 37.6 Å². The van der Waals surface area contributed by atoms with E-state index in [1.807, 2.05) is 31.2 Å². The first-order valence-corrected chi connectivity index (χ1v) is 9.62. The summed E-state index contributed by atoms with van der Waals surface area (Å²) in [6.07, 6.45) is 0.873. The first-order chi connectivity index (χ1) is 13.5. The third kappa shape index (κ3) is 7.31. The van der Waals surface area contributed by atoms with Gasteiger partial charge in [-0.25, -0.2) is 0 Å². The van der Waals surface area contributed by atoms with Crippen molar-refractivity contribution in [3.63, 3.8) is 0 Å². The minimum absolute atomic E-state index is 0.111. The Balaban J connectivity index is 1.87. The number of carbonyl (C=O) groups is 2. The molecule has 0 aliphatic carbocycles. The topological polar surface area (TPSA) is 79.5 Å². The predicted octanol–water partition coefficient (Wildman–Crippen LogP) is 3.91. The van der Waals surface area contributed by atoms with Gasteiger partial charge in [-0.2, -0.15) is 0 Å². The smallest absolute Gasteiger partial charge is 0.251 e. The highest BCUT2D eigenvalue weighted by Gasteiger charge is 2.08. The molecule has 28 heavy (non-hydrogen) atoms. The monoisotopic (exact) mass is 383 g/mol. The number of carbonyl (C=O) groups excluding carboxylic acids is 2. The molecule has 2 amide bonds. The molecular formula is C22H29N3O3. The van der Waals surface area contributed by atoms with Crippen LogP contribution in [0.3, 0.4) is 0 Å². The Morgan fingerprint density at radius 2 is 1.79 bits per heavy atom. The Morgan fingerprint density at radius 3 is 2.54 bits per heavy atom. The molecule has 0 saturated carbocycles. The zero-order chi connectivity index (χ0) is 20.4. The van der Waals surface area contributed by atoms with Crippen LogP contribution in [-0.4, -0.2) is 31.5 Å². The first-order valence-electron chi connectivity index (χ1n) is 9.62. The van der Waals surface area contributed by atoms with Crippen molar-refractivity contribution in [2.75, 3.05) is 30.3 Å². The number of amides is 2. The number of ether oxygens (including phenoxy) is 1. The van der Waals surface area contributed by atoms with Crippen molar-refractivity contribution in [3.05, 3.63) is 54.1 Å². The fraction of sp³-hybridized carbons (Fsp3) is 0.364. The average molecular weight is 383 g/mol. The number of rotatable bonds is 10. The Kier molecular flexibility index (Phi) is 8.34.